The Bertz CT molecular complexity index is 287. The molecule has 0 atom stereocenters. The van der Waals surface area contributed by atoms with Gasteiger partial charge in [-0.1, -0.05) is 13.3 Å². The molecule has 0 unspecified atom stereocenters. The third-order valence-corrected chi connectivity index (χ3v) is 2.00. The van der Waals surface area contributed by atoms with Gasteiger partial charge in [0.25, 0.3) is 0 Å². The highest BCUT2D eigenvalue weighted by molar-refractivity contribution is 5.42. The van der Waals surface area contributed by atoms with Gasteiger partial charge in [0.15, 0.2) is 0 Å². The van der Waals surface area contributed by atoms with Crippen molar-refractivity contribution in [1.29, 1.82) is 0 Å². The van der Waals surface area contributed by atoms with E-state index in [4.69, 9.17) is 4.74 Å². The number of anilines is 1. The van der Waals surface area contributed by atoms with Crippen molar-refractivity contribution in [3.63, 3.8) is 0 Å². The predicted octanol–water partition coefficient (Wildman–Crippen LogP) is 2.61. The van der Waals surface area contributed by atoms with Crippen LogP contribution in [0.25, 0.3) is 0 Å². The molecule has 3 heteroatoms. The van der Waals surface area contributed by atoms with E-state index in [1.807, 2.05) is 19.1 Å². The first-order valence-electron chi connectivity index (χ1n) is 5.02. The van der Waals surface area contributed by atoms with Crippen molar-refractivity contribution >= 4 is 5.82 Å². The molecule has 0 saturated carbocycles. The largest absolute Gasteiger partial charge is 0.497 e. The van der Waals surface area contributed by atoms with E-state index < -0.39 is 0 Å². The zero-order valence-corrected chi connectivity index (χ0v) is 9.13. The van der Waals surface area contributed by atoms with Crippen molar-refractivity contribution in [2.45, 2.75) is 26.7 Å². The molecule has 1 aromatic rings. The van der Waals surface area contributed by atoms with E-state index in [1.54, 1.807) is 7.11 Å². The predicted molar refractivity (Wildman–Crippen MR) is 58.9 cm³/mol. The van der Waals surface area contributed by atoms with Crippen LogP contribution in [0.4, 0.5) is 5.82 Å². The van der Waals surface area contributed by atoms with E-state index in [0.29, 0.717) is 0 Å². The lowest BCUT2D eigenvalue weighted by molar-refractivity contribution is 0.414. The molecule has 0 aliphatic rings. The number of nitrogens with zero attached hydrogens (tertiary/aromatic N) is 1. The molecule has 0 aliphatic carbocycles. The van der Waals surface area contributed by atoms with E-state index in [2.05, 4.69) is 17.2 Å². The number of unbranched alkanes of at least 4 members (excludes halogenated alkanes) is 1. The molecule has 0 radical (unpaired) electrons. The zero-order valence-electron chi connectivity index (χ0n) is 9.13. The molecule has 1 N–H and O–H groups in total. The molecule has 0 fully saturated rings. The fraction of sp³-hybridized carbons (Fsp3) is 0.545. The third-order valence-electron chi connectivity index (χ3n) is 2.00. The Morgan fingerprint density at radius 1 is 1.43 bits per heavy atom. The lowest BCUT2D eigenvalue weighted by Crippen LogP contribution is -2.03. The van der Waals surface area contributed by atoms with Gasteiger partial charge in [-0.2, -0.15) is 0 Å². The number of hydrogen-bond acceptors (Lipinski definition) is 3. The van der Waals surface area contributed by atoms with Crippen molar-refractivity contribution in [1.82, 2.24) is 4.98 Å². The van der Waals surface area contributed by atoms with Gasteiger partial charge >= 0.3 is 0 Å². The quantitative estimate of drug-likeness (QED) is 0.732. The number of hydrogen-bond donors (Lipinski definition) is 1. The summed E-state index contributed by atoms with van der Waals surface area (Å²) in [6.45, 7) is 5.11. The van der Waals surface area contributed by atoms with Crippen LogP contribution in [0.1, 0.15) is 25.5 Å². The normalized spacial score (nSPS) is 9.93. The highest BCUT2D eigenvalue weighted by Crippen LogP contribution is 2.16. The summed E-state index contributed by atoms with van der Waals surface area (Å²) < 4.78 is 5.16. The lowest BCUT2D eigenvalue weighted by atomic mass is 10.3. The van der Waals surface area contributed by atoms with Crippen LogP contribution in [-0.4, -0.2) is 18.6 Å². The van der Waals surface area contributed by atoms with Gasteiger partial charge in [0.1, 0.15) is 11.6 Å². The molecule has 0 aromatic carbocycles. The second-order valence-electron chi connectivity index (χ2n) is 3.31. The number of pyridine rings is 1. The van der Waals surface area contributed by atoms with Crippen molar-refractivity contribution in [3.8, 4) is 5.75 Å². The first-order chi connectivity index (χ1) is 6.76. The van der Waals surface area contributed by atoms with Crippen molar-refractivity contribution in [2.75, 3.05) is 19.0 Å². The van der Waals surface area contributed by atoms with E-state index in [0.717, 1.165) is 30.2 Å². The van der Waals surface area contributed by atoms with Crippen LogP contribution in [0, 0.1) is 6.92 Å². The maximum atomic E-state index is 5.16. The SMILES string of the molecule is CCCCNc1cc(OC)cc(C)n1. The Morgan fingerprint density at radius 2 is 2.21 bits per heavy atom. The highest BCUT2D eigenvalue weighted by Gasteiger charge is 1.98. The molecule has 1 rings (SSSR count). The zero-order chi connectivity index (χ0) is 10.4. The summed E-state index contributed by atoms with van der Waals surface area (Å²) in [6.07, 6.45) is 2.36. The molecule has 0 bridgehead atoms. The molecule has 1 aromatic heterocycles. The summed E-state index contributed by atoms with van der Waals surface area (Å²) in [6, 6.07) is 3.84. The van der Waals surface area contributed by atoms with Crippen LogP contribution in [-0.2, 0) is 0 Å². The van der Waals surface area contributed by atoms with E-state index in [9.17, 15) is 0 Å². The summed E-state index contributed by atoms with van der Waals surface area (Å²) in [4.78, 5) is 4.36. The number of aryl methyl sites for hydroxylation is 1. The van der Waals surface area contributed by atoms with Crippen molar-refractivity contribution in [3.05, 3.63) is 17.8 Å². The average Bonchev–Trinajstić information content (AvgIpc) is 2.17. The maximum absolute atomic E-state index is 5.16. The Labute approximate surface area is 85.5 Å². The van der Waals surface area contributed by atoms with Gasteiger partial charge in [0.2, 0.25) is 0 Å². The standard InChI is InChI=1S/C11H18N2O/c1-4-5-6-12-11-8-10(14-3)7-9(2)13-11/h7-8H,4-6H2,1-3H3,(H,12,13). The minimum Gasteiger partial charge on any atom is -0.497 e. The van der Waals surface area contributed by atoms with Gasteiger partial charge < -0.3 is 10.1 Å². The summed E-state index contributed by atoms with van der Waals surface area (Å²) >= 11 is 0. The first kappa shape index (κ1) is 10.8. The van der Waals surface area contributed by atoms with Gasteiger partial charge in [-0.25, -0.2) is 4.98 Å². The number of aromatic nitrogens is 1. The van der Waals surface area contributed by atoms with Gasteiger partial charge in [-0.3, -0.25) is 0 Å². The van der Waals surface area contributed by atoms with Crippen LogP contribution >= 0.6 is 0 Å². The van der Waals surface area contributed by atoms with Crippen molar-refractivity contribution < 1.29 is 4.74 Å². The van der Waals surface area contributed by atoms with Gasteiger partial charge in [-0.15, -0.1) is 0 Å². The van der Waals surface area contributed by atoms with Gasteiger partial charge in [0, 0.05) is 24.4 Å². The lowest BCUT2D eigenvalue weighted by Gasteiger charge is -2.07. The Balaban J connectivity index is 2.62. The van der Waals surface area contributed by atoms with E-state index in [-0.39, 0.29) is 0 Å². The fourth-order valence-electron chi connectivity index (χ4n) is 1.24. The number of ether oxygens (including phenoxy) is 1. The topological polar surface area (TPSA) is 34.1 Å². The van der Waals surface area contributed by atoms with E-state index >= 15 is 0 Å². The number of rotatable bonds is 5. The second-order valence-corrected chi connectivity index (χ2v) is 3.31. The molecule has 0 amide bonds. The van der Waals surface area contributed by atoms with Gasteiger partial charge in [0.05, 0.1) is 7.11 Å². The third kappa shape index (κ3) is 3.24. The monoisotopic (exact) mass is 194 g/mol. The fourth-order valence-corrected chi connectivity index (χ4v) is 1.24. The minimum atomic E-state index is 0.858. The van der Waals surface area contributed by atoms with Crippen molar-refractivity contribution in [2.24, 2.45) is 0 Å². The van der Waals surface area contributed by atoms with Crippen LogP contribution in [0.2, 0.25) is 0 Å². The highest BCUT2D eigenvalue weighted by atomic mass is 16.5. The average molecular weight is 194 g/mol. The van der Waals surface area contributed by atoms with Crippen LogP contribution in [0.5, 0.6) is 5.75 Å². The Morgan fingerprint density at radius 3 is 2.86 bits per heavy atom. The van der Waals surface area contributed by atoms with Crippen LogP contribution in [0.3, 0.4) is 0 Å². The summed E-state index contributed by atoms with van der Waals surface area (Å²) in [5, 5.41) is 3.27. The van der Waals surface area contributed by atoms with Crippen LogP contribution in [0.15, 0.2) is 12.1 Å². The molecule has 0 saturated heterocycles. The van der Waals surface area contributed by atoms with Gasteiger partial charge in [-0.05, 0) is 13.3 Å². The van der Waals surface area contributed by atoms with E-state index in [1.165, 1.54) is 6.42 Å². The minimum absolute atomic E-state index is 0.858. The molecular formula is C11H18N2O. The number of nitrogens with one attached hydrogen (secondary N) is 1. The smallest absolute Gasteiger partial charge is 0.129 e. The molecule has 1 heterocycles. The molecule has 3 nitrogen and oxygen atoms in total. The maximum Gasteiger partial charge on any atom is 0.129 e. The molecule has 78 valence electrons. The summed E-state index contributed by atoms with van der Waals surface area (Å²) in [5.41, 5.74) is 0.975. The van der Waals surface area contributed by atoms with Crippen LogP contribution < -0.4 is 10.1 Å². The number of methoxy groups -OCH3 is 1. The second kappa shape index (κ2) is 5.47. The molecular weight excluding hydrogens is 176 g/mol. The first-order valence-corrected chi connectivity index (χ1v) is 5.02. The summed E-state index contributed by atoms with van der Waals surface area (Å²) in [7, 11) is 1.67. The summed E-state index contributed by atoms with van der Waals surface area (Å²) in [5.74, 6) is 1.76. The Hall–Kier alpha value is -1.25. The molecule has 0 spiro atoms. The Kier molecular flexibility index (Phi) is 4.23. The molecule has 0 aliphatic heterocycles. The molecule has 14 heavy (non-hydrogen) atoms.